The van der Waals surface area contributed by atoms with E-state index in [0.29, 0.717) is 12.1 Å². The molecule has 0 unspecified atom stereocenters. The Morgan fingerprint density at radius 3 is 1.70 bits per heavy atom. The van der Waals surface area contributed by atoms with Gasteiger partial charge in [-0.3, -0.25) is 0 Å². The number of rotatable bonds is 2. The Bertz CT molecular complexity index is 2200. The van der Waals surface area contributed by atoms with E-state index in [1.165, 1.54) is 59.3 Å². The van der Waals surface area contributed by atoms with Crippen molar-refractivity contribution in [2.45, 2.75) is 0 Å². The lowest BCUT2D eigenvalue weighted by Gasteiger charge is -2.18. The SMILES string of the molecule is [2H]c1ccc2cc(-c3c4ccccc4c(-c4ccc5sc6cc([2H])ccc6c5c4)c4ccccc34)ccc2c1. The second kappa shape index (κ2) is 8.03. The van der Waals surface area contributed by atoms with Crippen LogP contribution < -0.4 is 0 Å². The normalized spacial score (nSPS) is 12.5. The van der Waals surface area contributed by atoms with Gasteiger partial charge in [0.05, 0.1) is 2.74 Å². The van der Waals surface area contributed by atoms with Crippen molar-refractivity contribution < 1.29 is 2.74 Å². The van der Waals surface area contributed by atoms with Crippen LogP contribution in [0.5, 0.6) is 0 Å². The van der Waals surface area contributed by atoms with Crippen molar-refractivity contribution in [2.75, 3.05) is 0 Å². The van der Waals surface area contributed by atoms with Crippen molar-refractivity contribution in [1.82, 2.24) is 0 Å². The Morgan fingerprint density at radius 2 is 0.973 bits per heavy atom. The number of hydrogen-bond acceptors (Lipinski definition) is 1. The molecule has 0 fully saturated rings. The van der Waals surface area contributed by atoms with E-state index in [2.05, 4.69) is 91.0 Å². The smallest absolute Gasteiger partial charge is 0.0623 e. The first kappa shape index (κ1) is 18.8. The van der Waals surface area contributed by atoms with Crippen LogP contribution in [0.25, 0.3) is 74.7 Å². The first-order valence-corrected chi connectivity index (χ1v) is 13.3. The minimum Gasteiger partial charge on any atom is -0.135 e. The molecule has 8 aromatic rings. The van der Waals surface area contributed by atoms with Gasteiger partial charge in [-0.05, 0) is 78.8 Å². The largest absolute Gasteiger partial charge is 0.135 e. The van der Waals surface area contributed by atoms with Gasteiger partial charge >= 0.3 is 0 Å². The molecule has 37 heavy (non-hydrogen) atoms. The van der Waals surface area contributed by atoms with Gasteiger partial charge in [0.2, 0.25) is 0 Å². The van der Waals surface area contributed by atoms with Crippen LogP contribution in [0.3, 0.4) is 0 Å². The van der Waals surface area contributed by atoms with Crippen LogP contribution in [0, 0.1) is 0 Å². The average molecular weight is 489 g/mol. The maximum Gasteiger partial charge on any atom is 0.0623 e. The molecule has 0 spiro atoms. The maximum atomic E-state index is 8.05. The van der Waals surface area contributed by atoms with Gasteiger partial charge in [0.1, 0.15) is 0 Å². The standard InChI is InChI=1S/C36H22S/c1-2-10-24-21-25(18-17-23(24)9-1)35-28-12-3-5-14-30(28)36(31-15-6-4-13-29(31)35)26-19-20-34-32(22-26)27-11-7-8-16-33(27)37-34/h1-22H/i1D,8D. The molecular weight excluding hydrogens is 464 g/mol. The third-order valence-electron chi connectivity index (χ3n) is 7.51. The number of hydrogen-bond donors (Lipinski definition) is 0. The van der Waals surface area contributed by atoms with Gasteiger partial charge in [-0.25, -0.2) is 0 Å². The van der Waals surface area contributed by atoms with Crippen LogP contribution in [0.15, 0.2) is 133 Å². The van der Waals surface area contributed by atoms with Gasteiger partial charge < -0.3 is 0 Å². The Labute approximate surface area is 221 Å². The fourth-order valence-corrected chi connectivity index (χ4v) is 6.92. The summed E-state index contributed by atoms with van der Waals surface area (Å²) >= 11 is 1.76. The van der Waals surface area contributed by atoms with E-state index >= 15 is 0 Å². The predicted molar refractivity (Wildman–Crippen MR) is 163 cm³/mol. The van der Waals surface area contributed by atoms with E-state index in [-0.39, 0.29) is 0 Å². The molecule has 7 aromatic carbocycles. The van der Waals surface area contributed by atoms with Crippen LogP contribution in [0.4, 0.5) is 0 Å². The van der Waals surface area contributed by atoms with Gasteiger partial charge in [0.25, 0.3) is 0 Å². The van der Waals surface area contributed by atoms with Gasteiger partial charge in [0, 0.05) is 20.2 Å². The summed E-state index contributed by atoms with van der Waals surface area (Å²) in [6.07, 6.45) is 0. The van der Waals surface area contributed by atoms with Gasteiger partial charge in [-0.1, -0.05) is 109 Å². The van der Waals surface area contributed by atoms with Gasteiger partial charge in [0.15, 0.2) is 0 Å². The number of thiophene rings is 1. The van der Waals surface area contributed by atoms with Crippen LogP contribution in [-0.4, -0.2) is 0 Å². The third-order valence-corrected chi connectivity index (χ3v) is 8.64. The highest BCUT2D eigenvalue weighted by molar-refractivity contribution is 7.25. The molecule has 0 aliphatic rings. The molecule has 0 amide bonds. The van der Waals surface area contributed by atoms with E-state index in [1.54, 1.807) is 11.3 Å². The molecule has 0 aliphatic heterocycles. The van der Waals surface area contributed by atoms with E-state index in [4.69, 9.17) is 2.74 Å². The molecule has 0 bridgehead atoms. The lowest BCUT2D eigenvalue weighted by Crippen LogP contribution is -1.91. The van der Waals surface area contributed by atoms with Crippen molar-refractivity contribution in [3.63, 3.8) is 0 Å². The molecule has 0 saturated heterocycles. The molecule has 1 heteroatoms. The fourth-order valence-electron chi connectivity index (χ4n) is 5.86. The third kappa shape index (κ3) is 3.15. The predicted octanol–water partition coefficient (Wildman–Crippen LogP) is 10.8. The van der Waals surface area contributed by atoms with E-state index < -0.39 is 0 Å². The van der Waals surface area contributed by atoms with Gasteiger partial charge in [-0.2, -0.15) is 0 Å². The monoisotopic (exact) mass is 488 g/mol. The van der Waals surface area contributed by atoms with Crippen molar-refractivity contribution in [3.05, 3.63) is 133 Å². The van der Waals surface area contributed by atoms with E-state index in [1.807, 2.05) is 30.3 Å². The summed E-state index contributed by atoms with van der Waals surface area (Å²) < 4.78 is 18.5. The van der Waals surface area contributed by atoms with Crippen molar-refractivity contribution in [1.29, 1.82) is 0 Å². The Hall–Kier alpha value is -4.46. The van der Waals surface area contributed by atoms with Crippen molar-refractivity contribution in [3.8, 4) is 22.3 Å². The summed E-state index contributed by atoms with van der Waals surface area (Å²) in [5, 5.41) is 9.63. The molecular formula is C36H22S. The molecule has 8 rings (SSSR count). The molecule has 0 atom stereocenters. The Balaban J connectivity index is 1.45. The van der Waals surface area contributed by atoms with Gasteiger partial charge in [-0.15, -0.1) is 11.3 Å². The highest BCUT2D eigenvalue weighted by atomic mass is 32.1. The molecule has 0 aliphatic carbocycles. The average Bonchev–Trinajstić information content (AvgIpc) is 3.32. The zero-order valence-corrected chi connectivity index (χ0v) is 20.8. The van der Waals surface area contributed by atoms with E-state index in [0.717, 1.165) is 15.5 Å². The summed E-state index contributed by atoms with van der Waals surface area (Å²) in [7, 11) is 0. The first-order chi connectivity index (χ1) is 19.1. The van der Waals surface area contributed by atoms with Crippen molar-refractivity contribution >= 4 is 63.8 Å². The number of fused-ring (bicyclic) bond motifs is 6. The molecule has 0 saturated carbocycles. The zero-order valence-electron chi connectivity index (χ0n) is 22.0. The number of benzene rings is 7. The summed E-state index contributed by atoms with van der Waals surface area (Å²) in [5.74, 6) is 0. The second-order valence-electron chi connectivity index (χ2n) is 9.56. The Kier molecular flexibility index (Phi) is 4.07. The minimum absolute atomic E-state index is 0.533. The Morgan fingerprint density at radius 1 is 0.405 bits per heavy atom. The van der Waals surface area contributed by atoms with Crippen LogP contribution in [0.1, 0.15) is 2.74 Å². The fraction of sp³-hybridized carbons (Fsp3) is 0. The quantitative estimate of drug-likeness (QED) is 0.212. The minimum atomic E-state index is 0.533. The summed E-state index contributed by atoms with van der Waals surface area (Å²) in [6, 6.07) is 43.8. The molecule has 0 radical (unpaired) electrons. The van der Waals surface area contributed by atoms with Crippen LogP contribution >= 0.6 is 11.3 Å². The molecule has 0 nitrogen and oxygen atoms in total. The molecule has 1 aromatic heterocycles. The van der Waals surface area contributed by atoms with Crippen LogP contribution in [0.2, 0.25) is 0 Å². The molecule has 172 valence electrons. The summed E-state index contributed by atoms with van der Waals surface area (Å²) in [6.45, 7) is 0. The summed E-state index contributed by atoms with van der Waals surface area (Å²) in [5.41, 5.74) is 4.89. The topological polar surface area (TPSA) is 0 Å². The van der Waals surface area contributed by atoms with Crippen molar-refractivity contribution in [2.24, 2.45) is 0 Å². The zero-order chi connectivity index (χ0) is 26.1. The van der Waals surface area contributed by atoms with E-state index in [9.17, 15) is 0 Å². The first-order valence-electron chi connectivity index (χ1n) is 13.5. The van der Waals surface area contributed by atoms with Crippen LogP contribution in [-0.2, 0) is 0 Å². The molecule has 1 heterocycles. The molecule has 0 N–H and O–H groups in total. The lowest BCUT2D eigenvalue weighted by atomic mass is 9.85. The highest BCUT2D eigenvalue weighted by Crippen LogP contribution is 2.45. The second-order valence-corrected chi connectivity index (χ2v) is 10.6. The lowest BCUT2D eigenvalue weighted by molar-refractivity contribution is 1.69. The summed E-state index contributed by atoms with van der Waals surface area (Å²) in [4.78, 5) is 0. The highest BCUT2D eigenvalue weighted by Gasteiger charge is 2.17. The maximum absolute atomic E-state index is 8.05.